The molecule has 2 aliphatic heterocycles. The van der Waals surface area contributed by atoms with E-state index in [-0.39, 0.29) is 30.3 Å². The first-order valence-corrected chi connectivity index (χ1v) is 21.9. The van der Waals surface area contributed by atoms with Gasteiger partial charge in [0.2, 0.25) is 0 Å². The topological polar surface area (TPSA) is 130 Å². The van der Waals surface area contributed by atoms with Gasteiger partial charge in [0.15, 0.2) is 14.6 Å². The molecule has 2 heterocycles. The van der Waals surface area contributed by atoms with Crippen molar-refractivity contribution in [2.45, 2.75) is 122 Å². The molecule has 2 saturated heterocycles. The predicted octanol–water partition coefficient (Wildman–Crippen LogP) is 8.88. The molecule has 5 rings (SSSR count). The lowest BCUT2D eigenvalue weighted by atomic mass is 9.87. The van der Waals surface area contributed by atoms with Gasteiger partial charge in [-0.05, 0) is 53.8 Å². The van der Waals surface area contributed by atoms with Gasteiger partial charge in [-0.15, -0.1) is 0 Å². The van der Waals surface area contributed by atoms with Crippen molar-refractivity contribution in [3.63, 3.8) is 0 Å². The Hall–Kier alpha value is -3.58. The summed E-state index contributed by atoms with van der Waals surface area (Å²) >= 11 is 0. The highest BCUT2D eigenvalue weighted by Gasteiger charge is 2.52. The van der Waals surface area contributed by atoms with E-state index in [2.05, 4.69) is 50.8 Å². The number of rotatable bonds is 15. The predicted molar refractivity (Wildman–Crippen MR) is 209 cm³/mol. The molecule has 0 N–H and O–H groups in total. The average Bonchev–Trinajstić information content (AvgIpc) is 3.16. The number of ether oxygens (including phenoxy) is 6. The van der Waals surface area contributed by atoms with Gasteiger partial charge in [0.05, 0.1) is 50.3 Å². The number of azide groups is 1. The quantitative estimate of drug-likeness (QED) is 0.0494. The van der Waals surface area contributed by atoms with E-state index in [0.29, 0.717) is 18.8 Å². The number of benzene rings is 3. The smallest absolute Gasteiger partial charge is 0.338 e. The number of nitrogens with zero attached hydrogens (tertiary/aromatic N) is 3. The zero-order valence-electron chi connectivity index (χ0n) is 32.9. The van der Waals surface area contributed by atoms with Crippen LogP contribution in [-0.4, -0.2) is 76.5 Å². The SMILES string of the molecule is CC1[C@H](C)OC(CO[Si](C)(C)C(C)(C)C)[C@@H](O[C@@H]2OC(COCc3ccccc3)[C@H](C)[C@H](OC(=O)c3ccccc3)C2N=[N+]=[N-])[C@H]1OCc1ccccc1. The van der Waals surface area contributed by atoms with E-state index >= 15 is 0 Å². The summed E-state index contributed by atoms with van der Waals surface area (Å²) in [5.41, 5.74) is 12.3. The van der Waals surface area contributed by atoms with E-state index in [1.165, 1.54) is 0 Å². The maximum Gasteiger partial charge on any atom is 0.338 e. The third-order valence-corrected chi connectivity index (χ3v) is 15.7. The van der Waals surface area contributed by atoms with Crippen LogP contribution in [0.25, 0.3) is 10.4 Å². The Bertz CT molecular complexity index is 1650. The van der Waals surface area contributed by atoms with Gasteiger partial charge in [-0.2, -0.15) is 0 Å². The first-order valence-electron chi connectivity index (χ1n) is 19.0. The molecule has 4 unspecified atom stereocenters. The van der Waals surface area contributed by atoms with Gasteiger partial charge in [0.1, 0.15) is 24.4 Å². The van der Waals surface area contributed by atoms with E-state index in [0.717, 1.165) is 11.1 Å². The summed E-state index contributed by atoms with van der Waals surface area (Å²) in [6.07, 6.45) is -4.47. The van der Waals surface area contributed by atoms with Crippen molar-refractivity contribution < 1.29 is 37.6 Å². The Balaban J connectivity index is 1.48. The van der Waals surface area contributed by atoms with Crippen LogP contribution in [0.3, 0.4) is 0 Å². The lowest BCUT2D eigenvalue weighted by Gasteiger charge is -2.49. The Morgan fingerprint density at radius 3 is 1.96 bits per heavy atom. The molecule has 0 saturated carbocycles. The Morgan fingerprint density at radius 1 is 0.778 bits per heavy atom. The van der Waals surface area contributed by atoms with E-state index in [1.54, 1.807) is 24.3 Å². The molecule has 0 amide bonds. The van der Waals surface area contributed by atoms with Gasteiger partial charge < -0.3 is 32.8 Å². The Morgan fingerprint density at radius 2 is 1.37 bits per heavy atom. The average molecular weight is 760 g/mol. The summed E-state index contributed by atoms with van der Waals surface area (Å²) in [6, 6.07) is 27.6. The summed E-state index contributed by atoms with van der Waals surface area (Å²) in [7, 11) is -2.20. The van der Waals surface area contributed by atoms with Gasteiger partial charge in [0, 0.05) is 16.7 Å². The highest BCUT2D eigenvalue weighted by atomic mass is 28.4. The lowest BCUT2D eigenvalue weighted by Crippen LogP contribution is -2.62. The monoisotopic (exact) mass is 759 g/mol. The molecular formula is C42H57N3O8Si. The Kier molecular flexibility index (Phi) is 14.5. The maximum atomic E-state index is 13.6. The van der Waals surface area contributed by atoms with Crippen LogP contribution in [0.5, 0.6) is 0 Å². The van der Waals surface area contributed by atoms with Gasteiger partial charge in [-0.1, -0.05) is 119 Å². The highest BCUT2D eigenvalue weighted by molar-refractivity contribution is 6.74. The van der Waals surface area contributed by atoms with Crippen molar-refractivity contribution in [1.82, 2.24) is 0 Å². The van der Waals surface area contributed by atoms with Crippen molar-refractivity contribution in [1.29, 1.82) is 0 Å². The maximum absolute atomic E-state index is 13.6. The molecule has 2 aliphatic rings. The van der Waals surface area contributed by atoms with Crippen molar-refractivity contribution in [2.24, 2.45) is 17.0 Å². The molecule has 11 nitrogen and oxygen atoms in total. The number of carbonyl (C=O) groups excluding carboxylic acids is 1. The highest BCUT2D eigenvalue weighted by Crippen LogP contribution is 2.40. The molecule has 292 valence electrons. The molecule has 12 heteroatoms. The molecule has 54 heavy (non-hydrogen) atoms. The summed E-state index contributed by atoms with van der Waals surface area (Å²) in [6.45, 7) is 18.2. The molecule has 0 aliphatic carbocycles. The number of hydrogen-bond acceptors (Lipinski definition) is 9. The van der Waals surface area contributed by atoms with Crippen molar-refractivity contribution in [2.75, 3.05) is 13.2 Å². The minimum atomic E-state index is -2.20. The van der Waals surface area contributed by atoms with E-state index in [1.807, 2.05) is 80.6 Å². The van der Waals surface area contributed by atoms with Crippen molar-refractivity contribution >= 4 is 14.3 Å². The molecule has 0 radical (unpaired) electrons. The summed E-state index contributed by atoms with van der Waals surface area (Å²) in [5, 5.41) is 4.14. The molecule has 2 fully saturated rings. The van der Waals surface area contributed by atoms with Crippen LogP contribution >= 0.6 is 0 Å². The Labute approximate surface area is 321 Å². The number of esters is 1. The van der Waals surface area contributed by atoms with Crippen LogP contribution in [0.1, 0.15) is 63.0 Å². The fourth-order valence-corrected chi connectivity index (χ4v) is 7.59. The van der Waals surface area contributed by atoms with Crippen LogP contribution in [-0.2, 0) is 46.1 Å². The molecule has 0 spiro atoms. The first kappa shape index (κ1) is 41.6. The van der Waals surface area contributed by atoms with Gasteiger partial charge >= 0.3 is 5.97 Å². The minimum absolute atomic E-state index is 0.0296. The fourth-order valence-electron chi connectivity index (χ4n) is 6.58. The molecule has 3 aromatic carbocycles. The largest absolute Gasteiger partial charge is 0.458 e. The molecule has 3 aromatic rings. The van der Waals surface area contributed by atoms with E-state index < -0.39 is 63.1 Å². The minimum Gasteiger partial charge on any atom is -0.458 e. The van der Waals surface area contributed by atoms with Crippen LogP contribution in [0.2, 0.25) is 18.1 Å². The van der Waals surface area contributed by atoms with Crippen molar-refractivity contribution in [3.8, 4) is 0 Å². The standard InChI is InChI=1S/C42H57N3O8Si/c1-28-30(3)50-35(27-49-54(7,8)42(4,5)6)39(38(28)48-25-32-20-14-10-15-21-32)53-41-36(44-45-43)37(52-40(46)33-22-16-11-17-23-33)29(2)34(51-41)26-47-24-31-18-12-9-13-19-31/h9-23,28-30,34-39,41H,24-27H2,1-8H3/t28?,29-,30-,34?,35?,36?,37-,38-,39+,41-/m0/s1. The van der Waals surface area contributed by atoms with Crippen LogP contribution in [0, 0.1) is 11.8 Å². The zero-order valence-corrected chi connectivity index (χ0v) is 33.9. The fraction of sp³-hybridized carbons (Fsp3) is 0.548. The second kappa shape index (κ2) is 18.8. The summed E-state index contributed by atoms with van der Waals surface area (Å²) < 4.78 is 46.2. The molecule has 0 aromatic heterocycles. The van der Waals surface area contributed by atoms with Crippen LogP contribution < -0.4 is 0 Å². The molecular weight excluding hydrogens is 703 g/mol. The number of hydrogen-bond donors (Lipinski definition) is 0. The zero-order chi connectivity index (χ0) is 38.9. The van der Waals surface area contributed by atoms with Crippen LogP contribution in [0.15, 0.2) is 96.1 Å². The lowest BCUT2D eigenvalue weighted by molar-refractivity contribution is -0.312. The second-order valence-corrected chi connectivity index (χ2v) is 20.8. The third-order valence-electron chi connectivity index (χ3n) is 11.2. The number of carbonyl (C=O) groups is 1. The van der Waals surface area contributed by atoms with Gasteiger partial charge in [-0.3, -0.25) is 0 Å². The molecule has 10 atom stereocenters. The molecule has 0 bridgehead atoms. The third kappa shape index (κ3) is 10.6. The van der Waals surface area contributed by atoms with Gasteiger partial charge in [-0.25, -0.2) is 4.79 Å². The van der Waals surface area contributed by atoms with Crippen molar-refractivity contribution in [3.05, 3.63) is 118 Å². The first-order chi connectivity index (χ1) is 25.8. The second-order valence-electron chi connectivity index (χ2n) is 16.0. The van der Waals surface area contributed by atoms with Gasteiger partial charge in [0.25, 0.3) is 0 Å². The van der Waals surface area contributed by atoms with E-state index in [4.69, 9.17) is 32.8 Å². The normalized spacial score (nSPS) is 28.9. The van der Waals surface area contributed by atoms with Crippen LogP contribution in [0.4, 0.5) is 0 Å². The summed E-state index contributed by atoms with van der Waals surface area (Å²) in [4.78, 5) is 16.7. The summed E-state index contributed by atoms with van der Waals surface area (Å²) in [5.74, 6) is -1.04. The van der Waals surface area contributed by atoms with E-state index in [9.17, 15) is 10.3 Å².